The van der Waals surface area contributed by atoms with Gasteiger partial charge in [-0.15, -0.1) is 0 Å². The molecule has 1 aromatic heterocycles. The lowest BCUT2D eigenvalue weighted by Crippen LogP contribution is -2.35. The van der Waals surface area contributed by atoms with E-state index in [0.717, 1.165) is 18.8 Å². The van der Waals surface area contributed by atoms with Gasteiger partial charge in [0.05, 0.1) is 0 Å². The Balaban J connectivity index is 2.21. The Morgan fingerprint density at radius 1 is 1.57 bits per heavy atom. The van der Waals surface area contributed by atoms with Crippen LogP contribution in [0, 0.1) is 0 Å². The molecule has 0 spiro atoms. The molecule has 2 N–H and O–H groups in total. The summed E-state index contributed by atoms with van der Waals surface area (Å²) in [5, 5.41) is 0.484. The number of nitrogens with two attached hydrogens (primary N) is 1. The molecule has 1 atom stereocenters. The van der Waals surface area contributed by atoms with Gasteiger partial charge in [0.25, 0.3) is 0 Å². The minimum Gasteiger partial charge on any atom is -0.352 e. The number of aromatic nitrogens is 2. The average molecular weight is 213 g/mol. The summed E-state index contributed by atoms with van der Waals surface area (Å²) in [4.78, 5) is 10.3. The Labute approximate surface area is 88.1 Å². The highest BCUT2D eigenvalue weighted by molar-refractivity contribution is 6.29. The maximum absolute atomic E-state index is 5.81. The molecule has 1 unspecified atom stereocenters. The molecule has 0 saturated carbocycles. The van der Waals surface area contributed by atoms with Crippen LogP contribution >= 0.6 is 11.6 Å². The van der Waals surface area contributed by atoms with E-state index in [4.69, 9.17) is 17.3 Å². The largest absolute Gasteiger partial charge is 0.352 e. The maximum atomic E-state index is 5.81. The second-order valence-electron chi connectivity index (χ2n) is 3.42. The van der Waals surface area contributed by atoms with Crippen molar-refractivity contribution in [1.29, 1.82) is 0 Å². The number of halogens is 1. The van der Waals surface area contributed by atoms with Gasteiger partial charge in [-0.1, -0.05) is 11.6 Å². The summed E-state index contributed by atoms with van der Waals surface area (Å²) in [6.45, 7) is 1.68. The highest BCUT2D eigenvalue weighted by atomic mass is 35.5. The van der Waals surface area contributed by atoms with Crippen molar-refractivity contribution in [3.05, 3.63) is 17.5 Å². The van der Waals surface area contributed by atoms with Gasteiger partial charge in [-0.25, -0.2) is 9.97 Å². The molecular weight excluding hydrogens is 200 g/mol. The smallest absolute Gasteiger partial charge is 0.134 e. The van der Waals surface area contributed by atoms with Crippen LogP contribution in [-0.4, -0.2) is 29.1 Å². The number of anilines is 1. The van der Waals surface area contributed by atoms with E-state index >= 15 is 0 Å². The van der Waals surface area contributed by atoms with Crippen LogP contribution in [-0.2, 0) is 0 Å². The molecule has 1 fully saturated rings. The second kappa shape index (κ2) is 4.11. The van der Waals surface area contributed by atoms with Crippen molar-refractivity contribution < 1.29 is 0 Å². The zero-order valence-corrected chi connectivity index (χ0v) is 8.61. The molecule has 0 aliphatic carbocycles. The van der Waals surface area contributed by atoms with Crippen molar-refractivity contribution in [2.45, 2.75) is 18.9 Å². The Morgan fingerprint density at radius 2 is 2.43 bits per heavy atom. The zero-order chi connectivity index (χ0) is 9.97. The fourth-order valence-corrected chi connectivity index (χ4v) is 2.00. The summed E-state index contributed by atoms with van der Waals surface area (Å²) in [6.07, 6.45) is 3.80. The van der Waals surface area contributed by atoms with E-state index in [0.29, 0.717) is 17.7 Å². The van der Waals surface area contributed by atoms with E-state index in [2.05, 4.69) is 14.9 Å². The van der Waals surface area contributed by atoms with Gasteiger partial charge in [-0.3, -0.25) is 0 Å². The summed E-state index contributed by atoms with van der Waals surface area (Å²) >= 11 is 5.81. The van der Waals surface area contributed by atoms with E-state index in [1.807, 2.05) is 0 Å². The van der Waals surface area contributed by atoms with Crippen LogP contribution in [0.4, 0.5) is 5.82 Å². The fraction of sp³-hybridized carbons (Fsp3) is 0.556. The summed E-state index contributed by atoms with van der Waals surface area (Å²) in [5.41, 5.74) is 5.68. The first kappa shape index (κ1) is 9.68. The lowest BCUT2D eigenvalue weighted by molar-refractivity contribution is 0.671. The van der Waals surface area contributed by atoms with Gasteiger partial charge in [-0.2, -0.15) is 0 Å². The summed E-state index contributed by atoms with van der Waals surface area (Å²) in [6, 6.07) is 2.19. The van der Waals surface area contributed by atoms with E-state index in [-0.39, 0.29) is 0 Å². The second-order valence-corrected chi connectivity index (χ2v) is 3.81. The van der Waals surface area contributed by atoms with Crippen LogP contribution in [0.2, 0.25) is 5.15 Å². The number of nitrogens with zero attached hydrogens (tertiary/aromatic N) is 3. The van der Waals surface area contributed by atoms with Gasteiger partial charge in [0, 0.05) is 25.2 Å². The normalized spacial score (nSPS) is 21.6. The molecular formula is C9H13ClN4. The molecule has 14 heavy (non-hydrogen) atoms. The Hall–Kier alpha value is -0.870. The minimum absolute atomic E-state index is 0.404. The van der Waals surface area contributed by atoms with E-state index in [1.54, 1.807) is 6.07 Å². The Bertz CT molecular complexity index is 317. The van der Waals surface area contributed by atoms with Crippen LogP contribution in [0.15, 0.2) is 12.4 Å². The lowest BCUT2D eigenvalue weighted by atomic mass is 10.2. The number of hydrogen-bond donors (Lipinski definition) is 1. The molecule has 5 heteroatoms. The van der Waals surface area contributed by atoms with Crippen molar-refractivity contribution >= 4 is 17.4 Å². The third-order valence-electron chi connectivity index (χ3n) is 2.56. The van der Waals surface area contributed by atoms with Crippen LogP contribution in [0.1, 0.15) is 12.8 Å². The molecule has 1 aromatic rings. The van der Waals surface area contributed by atoms with E-state index in [9.17, 15) is 0 Å². The highest BCUT2D eigenvalue weighted by Crippen LogP contribution is 2.23. The van der Waals surface area contributed by atoms with Gasteiger partial charge in [-0.05, 0) is 12.8 Å². The number of hydrogen-bond acceptors (Lipinski definition) is 4. The minimum atomic E-state index is 0.404. The summed E-state index contributed by atoms with van der Waals surface area (Å²) in [5.74, 6) is 0.887. The van der Waals surface area contributed by atoms with Crippen LogP contribution in [0.5, 0.6) is 0 Å². The fourth-order valence-electron chi connectivity index (χ4n) is 1.86. The molecule has 1 saturated heterocycles. The predicted molar refractivity (Wildman–Crippen MR) is 56.5 cm³/mol. The van der Waals surface area contributed by atoms with E-state index < -0.39 is 0 Å². The van der Waals surface area contributed by atoms with Gasteiger partial charge in [0.15, 0.2) is 0 Å². The lowest BCUT2D eigenvalue weighted by Gasteiger charge is -2.24. The van der Waals surface area contributed by atoms with Crippen molar-refractivity contribution in [3.63, 3.8) is 0 Å². The first-order chi connectivity index (χ1) is 6.81. The molecule has 2 rings (SSSR count). The molecule has 2 heterocycles. The first-order valence-electron chi connectivity index (χ1n) is 4.75. The maximum Gasteiger partial charge on any atom is 0.134 e. The van der Waals surface area contributed by atoms with Gasteiger partial charge < -0.3 is 10.6 Å². The summed E-state index contributed by atoms with van der Waals surface area (Å²) in [7, 11) is 0. The molecule has 0 radical (unpaired) electrons. The van der Waals surface area contributed by atoms with Gasteiger partial charge >= 0.3 is 0 Å². The molecule has 1 aliphatic heterocycles. The summed E-state index contributed by atoms with van der Waals surface area (Å²) < 4.78 is 0. The van der Waals surface area contributed by atoms with E-state index in [1.165, 1.54) is 12.7 Å². The number of rotatable bonds is 2. The Morgan fingerprint density at radius 3 is 3.14 bits per heavy atom. The molecule has 76 valence electrons. The topological polar surface area (TPSA) is 55.0 Å². The molecule has 0 amide bonds. The Kier molecular flexibility index (Phi) is 2.84. The van der Waals surface area contributed by atoms with Crippen LogP contribution in [0.3, 0.4) is 0 Å². The van der Waals surface area contributed by atoms with Crippen molar-refractivity contribution in [1.82, 2.24) is 9.97 Å². The molecule has 1 aliphatic rings. The average Bonchev–Trinajstić information content (AvgIpc) is 2.65. The SMILES string of the molecule is NCC1CCCN1c1cc(Cl)ncn1. The van der Waals surface area contributed by atoms with Crippen molar-refractivity contribution in [2.24, 2.45) is 5.73 Å². The van der Waals surface area contributed by atoms with Crippen molar-refractivity contribution in [3.8, 4) is 0 Å². The van der Waals surface area contributed by atoms with Gasteiger partial charge in [0.2, 0.25) is 0 Å². The van der Waals surface area contributed by atoms with Gasteiger partial charge in [0.1, 0.15) is 17.3 Å². The standard InChI is InChI=1S/C9H13ClN4/c10-8-4-9(13-6-12-8)14-3-1-2-7(14)5-11/h4,6-7H,1-3,5,11H2. The quantitative estimate of drug-likeness (QED) is 0.745. The third kappa shape index (κ3) is 1.81. The van der Waals surface area contributed by atoms with Crippen LogP contribution < -0.4 is 10.6 Å². The molecule has 4 nitrogen and oxygen atoms in total. The highest BCUT2D eigenvalue weighted by Gasteiger charge is 2.24. The molecule has 0 aromatic carbocycles. The van der Waals surface area contributed by atoms with Crippen LogP contribution in [0.25, 0.3) is 0 Å². The predicted octanol–water partition coefficient (Wildman–Crippen LogP) is 1.06. The monoisotopic (exact) mass is 212 g/mol. The molecule has 0 bridgehead atoms. The van der Waals surface area contributed by atoms with Crippen molar-refractivity contribution in [2.75, 3.05) is 18.0 Å². The zero-order valence-electron chi connectivity index (χ0n) is 7.86. The first-order valence-corrected chi connectivity index (χ1v) is 5.13. The third-order valence-corrected chi connectivity index (χ3v) is 2.77.